The first-order valence-electron chi connectivity index (χ1n) is 46.5. The number of nitrogens with zero attached hydrogens (tertiary/aromatic N) is 18. The molecule has 2 saturated carbocycles. The van der Waals surface area contributed by atoms with E-state index in [1.54, 1.807) is 74.3 Å². The number of hydrogen-bond donors (Lipinski definition) is 3. The summed E-state index contributed by atoms with van der Waals surface area (Å²) in [6.07, 6.45) is 19.7. The van der Waals surface area contributed by atoms with Crippen LogP contribution < -0.4 is 21.9 Å². The molecule has 2 aliphatic heterocycles. The van der Waals surface area contributed by atoms with Crippen molar-refractivity contribution in [1.29, 1.82) is 0 Å². The summed E-state index contributed by atoms with van der Waals surface area (Å²) in [6.45, 7) is 41.8. The number of alkyl halides is 1. The number of anilines is 2. The number of carbonyl (C=O) groups is 9. The molecule has 131 heavy (non-hydrogen) atoms. The van der Waals surface area contributed by atoms with E-state index in [1.807, 2.05) is 105 Å². The van der Waals surface area contributed by atoms with Gasteiger partial charge < -0.3 is 34.6 Å². The van der Waals surface area contributed by atoms with Crippen LogP contribution in [0, 0.1) is 23.7 Å². The number of hydrogen-bond acceptors (Lipinski definition) is 26. The minimum Gasteiger partial charge on any atom is -0.444 e. The maximum Gasteiger partial charge on any atom is 0.424 e. The van der Waals surface area contributed by atoms with Crippen molar-refractivity contribution in [3.05, 3.63) is 110 Å². The van der Waals surface area contributed by atoms with Gasteiger partial charge in [-0.25, -0.2) is 50.6 Å². The minimum absolute atomic E-state index is 0.000278. The number of nitrogen functional groups attached to an aromatic ring is 1. The number of halogens is 1. The van der Waals surface area contributed by atoms with Gasteiger partial charge in [0.2, 0.25) is 5.95 Å². The smallest absolute Gasteiger partial charge is 0.424 e. The molecule has 0 aromatic carbocycles. The number of hydrazine groups is 2. The highest BCUT2D eigenvalue weighted by Crippen LogP contribution is 2.43. The Morgan fingerprint density at radius 2 is 1.11 bits per heavy atom. The Bertz CT molecular complexity index is 5100. The number of aromatic nitrogens is 11. The lowest BCUT2D eigenvalue weighted by atomic mass is 9.78. The average molecular weight is 1840 g/mol. The first-order valence-corrected chi connectivity index (χ1v) is 46.9. The summed E-state index contributed by atoms with van der Waals surface area (Å²) in [5.74, 6) is 7.07. The van der Waals surface area contributed by atoms with Crippen molar-refractivity contribution in [3.63, 3.8) is 0 Å². The maximum absolute atomic E-state index is 12.5. The van der Waals surface area contributed by atoms with Crippen LogP contribution in [0.25, 0.3) is 11.3 Å². The Balaban J connectivity index is 0.000000197. The number of nitrogens with two attached hydrogens (primary N) is 2. The molecule has 6 aromatic heterocycles. The van der Waals surface area contributed by atoms with Crippen LogP contribution in [-0.2, 0) is 100 Å². The van der Waals surface area contributed by atoms with Gasteiger partial charge in [0.05, 0.1) is 91.8 Å². The number of pyridine rings is 1. The van der Waals surface area contributed by atoms with Crippen molar-refractivity contribution in [2.45, 2.75) is 306 Å². The van der Waals surface area contributed by atoms with Gasteiger partial charge in [-0.05, 0) is 181 Å². The summed E-state index contributed by atoms with van der Waals surface area (Å²) >= 11 is 5.91. The van der Waals surface area contributed by atoms with Crippen LogP contribution in [0.15, 0.2) is 46.3 Å². The second-order valence-electron chi connectivity index (χ2n) is 39.8. The number of fused-ring (bicyclic) bond motifs is 8. The summed E-state index contributed by atoms with van der Waals surface area (Å²) in [6, 6.07) is 3.92. The van der Waals surface area contributed by atoms with Crippen molar-refractivity contribution in [3.8, 4) is 11.3 Å². The van der Waals surface area contributed by atoms with Crippen molar-refractivity contribution in [1.82, 2.24) is 79.3 Å². The lowest BCUT2D eigenvalue weighted by Crippen LogP contribution is -2.55. The zero-order chi connectivity index (χ0) is 97.5. The lowest BCUT2D eigenvalue weighted by molar-refractivity contribution is -0.138. The summed E-state index contributed by atoms with van der Waals surface area (Å²) in [5.41, 5.74) is 25.4. The first kappa shape index (κ1) is 106. The van der Waals surface area contributed by atoms with E-state index in [-0.39, 0.29) is 64.2 Å². The third-order valence-electron chi connectivity index (χ3n) is 23.4. The maximum atomic E-state index is 12.5. The Hall–Kier alpha value is -10.4. The molecule has 0 radical (unpaired) electrons. The number of aliphatic imine (C=N–C) groups is 2. The van der Waals surface area contributed by atoms with Crippen LogP contribution in [0.3, 0.4) is 0 Å². The SMILES string of the molecule is CC(C)C(=O)C1C(=O)CCCC1NN(C)C(=O)OC(C)(C)C.CC(C)c1c2c(nn1C)CC/C(=C/N(C)C)C2=O.CC(C)c1c2c(nn1C)CCC1C=NC(Cc3ccc(N4CCN(C(=O)OC(C)(C)C)CC4)cn3)=NC21.CC(C)c1c2c(nn1C)CCCC2=O.CC(C)c1c2c(nn1C)CCc1cnc(N)nc1-2.CCC(=O)C1C(=O)CCCC1Cl.CN(N)C(=O)OC(C)(C)C. The molecule has 3 amide bonds. The third kappa shape index (κ3) is 28.3. The summed E-state index contributed by atoms with van der Waals surface area (Å²) < 4.78 is 23.4. The Labute approximate surface area is 780 Å². The van der Waals surface area contributed by atoms with Crippen LogP contribution in [-0.4, -0.2) is 222 Å². The molecule has 5 N–H and O–H groups in total. The monoisotopic (exact) mass is 1830 g/mol. The number of ketones is 6. The molecule has 0 bridgehead atoms. The van der Waals surface area contributed by atoms with Crippen molar-refractivity contribution < 1.29 is 57.4 Å². The lowest BCUT2D eigenvalue weighted by Gasteiger charge is -2.36. The predicted molar refractivity (Wildman–Crippen MR) is 511 cm³/mol. The molecule has 720 valence electrons. The number of ether oxygens (including phenoxy) is 3. The van der Waals surface area contributed by atoms with Gasteiger partial charge >= 0.3 is 18.3 Å². The van der Waals surface area contributed by atoms with Crippen LogP contribution in [0.4, 0.5) is 26.0 Å². The van der Waals surface area contributed by atoms with E-state index in [0.29, 0.717) is 87.2 Å². The highest BCUT2D eigenvalue weighted by Gasteiger charge is 2.42. The van der Waals surface area contributed by atoms with E-state index in [1.165, 1.54) is 45.8 Å². The van der Waals surface area contributed by atoms with E-state index in [9.17, 15) is 43.2 Å². The van der Waals surface area contributed by atoms with Crippen LogP contribution in [0.2, 0.25) is 0 Å². The molecule has 6 aromatic rings. The largest absolute Gasteiger partial charge is 0.444 e. The molecule has 6 unspecified atom stereocenters. The molecule has 14 rings (SSSR count). The van der Waals surface area contributed by atoms with E-state index in [4.69, 9.17) is 57.5 Å². The molecule has 0 spiro atoms. The fourth-order valence-corrected chi connectivity index (χ4v) is 18.2. The van der Waals surface area contributed by atoms with E-state index >= 15 is 0 Å². The van der Waals surface area contributed by atoms with Gasteiger partial charge in [-0.1, -0.05) is 76.2 Å². The summed E-state index contributed by atoms with van der Waals surface area (Å²) in [4.78, 5) is 135. The van der Waals surface area contributed by atoms with Gasteiger partial charge in [-0.2, -0.15) is 20.4 Å². The predicted octanol–water partition coefficient (Wildman–Crippen LogP) is 15.2. The summed E-state index contributed by atoms with van der Waals surface area (Å²) in [5, 5.41) is 20.2. The number of piperazine rings is 1. The highest BCUT2D eigenvalue weighted by molar-refractivity contribution is 6.25. The topological polar surface area (TPSA) is 396 Å². The van der Waals surface area contributed by atoms with Crippen molar-refractivity contribution in [2.24, 2.45) is 67.7 Å². The molecular formula is C97H148ClN21O12. The van der Waals surface area contributed by atoms with Crippen LogP contribution in [0.5, 0.6) is 0 Å². The van der Waals surface area contributed by atoms with Crippen molar-refractivity contribution in [2.75, 3.05) is 65.0 Å². The third-order valence-corrected chi connectivity index (χ3v) is 23.9. The molecule has 8 heterocycles. The second kappa shape index (κ2) is 45.8. The molecular weight excluding hydrogens is 1690 g/mol. The van der Waals surface area contributed by atoms with Gasteiger partial charge in [0, 0.05) is 179 Å². The van der Waals surface area contributed by atoms with E-state index in [2.05, 4.69) is 109 Å². The van der Waals surface area contributed by atoms with Crippen molar-refractivity contribution >= 4 is 88.3 Å². The zero-order valence-corrected chi connectivity index (χ0v) is 83.9. The number of allylic oxidation sites excluding steroid dienone is 1. The zero-order valence-electron chi connectivity index (χ0n) is 83.1. The van der Waals surface area contributed by atoms with Gasteiger partial charge in [0.15, 0.2) is 11.6 Å². The van der Waals surface area contributed by atoms with Gasteiger partial charge in [0.25, 0.3) is 0 Å². The molecule has 34 heteroatoms. The minimum atomic E-state index is -0.682. The molecule has 3 fully saturated rings. The Morgan fingerprint density at radius 1 is 0.588 bits per heavy atom. The van der Waals surface area contributed by atoms with Gasteiger partial charge in [0.1, 0.15) is 45.8 Å². The molecule has 33 nitrogen and oxygen atoms in total. The normalized spacial score (nSPS) is 19.5. The summed E-state index contributed by atoms with van der Waals surface area (Å²) in [7, 11) is 14.8. The van der Waals surface area contributed by atoms with Crippen LogP contribution >= 0.6 is 11.6 Å². The first-order chi connectivity index (χ1) is 61.2. The average Bonchev–Trinajstić information content (AvgIpc) is 1.62. The second-order valence-corrected chi connectivity index (χ2v) is 40.4. The highest BCUT2D eigenvalue weighted by atomic mass is 35.5. The number of amides is 3. The fraction of sp³-hybridized carbons (Fsp3) is 0.649. The number of nitrogens with one attached hydrogen (secondary N) is 1. The molecule has 6 atom stereocenters. The molecule has 6 aliphatic carbocycles. The van der Waals surface area contributed by atoms with Gasteiger partial charge in [-0.15, -0.1) is 11.6 Å². The van der Waals surface area contributed by atoms with E-state index in [0.717, 1.165) is 157 Å². The Morgan fingerprint density at radius 3 is 1.64 bits per heavy atom. The molecule has 1 saturated heterocycles. The van der Waals surface area contributed by atoms with Gasteiger partial charge in [-0.3, -0.25) is 57.5 Å². The van der Waals surface area contributed by atoms with Crippen LogP contribution in [0.1, 0.15) is 322 Å². The molecule has 8 aliphatic rings. The number of aryl methyl sites for hydroxylation is 9. The van der Waals surface area contributed by atoms with E-state index < -0.39 is 40.8 Å². The standard InChI is InChI=1S/C28H39N7O2.C16H28N2O4.C14H21N3O.C13H17N5.C11H16N2O.C9H13ClO2.C6H14N2O2/c1-18(2)26-24-22(32-33(26)6)10-7-19-16-30-23(31-25(19)24)15-20-8-9-21(17-29-20)34-11-13-35(14-12-34)27(36)37-28(3,4)5;1-10(2)14(20)13-11(8-7-9-12(13)19)17-18(6)15(21)22-16(3,4)5;1-9(2)13-12-11(15-17(13)5)7-6-10(14(12)18)8-16(3)4;1-7(2)12-10-9(17-18(12)3)5-4-8-6-15-13(14)16-11(8)10;1-7(2)11-10-8(12-13(11)3)5-4-6-9(10)14;1-2-7(11)9-6(10)4-3-5-8(9)12;1-6(2,3)10-5(9)8(4)7/h8-9,16-19,25H,7,10-15H2,1-6H3;10-11,13,17H,7-9H2,1-6H3;8-9H,6-7H2,1-5H3;6-7H,4-5H2,1-3H3,(H2,14,15,16);7H,4-6H2,1-3H3;6,9H,2-5H2,1H3;7H2,1-4H3/b;;10-8-;;;;. The number of amidine groups is 1. The number of rotatable bonds is 14. The fourth-order valence-electron chi connectivity index (χ4n) is 17.7. The number of Topliss-reactive ketones (excluding diaryl/α,β-unsaturated/α-hetero) is 6. The number of carbonyl (C=O) groups excluding carboxylic acids is 9. The Kier molecular flexibility index (Phi) is 37.1. The quantitative estimate of drug-likeness (QED) is 0.0173.